The van der Waals surface area contributed by atoms with Crippen LogP contribution in [0, 0.1) is 13.8 Å². The number of rotatable bonds is 1. The molecule has 2 aromatic rings. The molecule has 0 aliphatic rings. The second-order valence-electron chi connectivity index (χ2n) is 3.99. The normalized spacial score (nSPS) is 10.7. The van der Waals surface area contributed by atoms with Gasteiger partial charge in [0.05, 0.1) is 11.2 Å². The van der Waals surface area contributed by atoms with Crippen molar-refractivity contribution in [3.8, 4) is 5.75 Å². The number of anilines is 1. The molecule has 88 valence electrons. The van der Waals surface area contributed by atoms with Crippen LogP contribution in [0.4, 0.5) is 5.69 Å². The molecule has 0 amide bonds. The number of aryl methyl sites for hydroxylation is 1. The van der Waals surface area contributed by atoms with Crippen molar-refractivity contribution in [1.29, 1.82) is 0 Å². The summed E-state index contributed by atoms with van der Waals surface area (Å²) in [6.07, 6.45) is 0. The van der Waals surface area contributed by atoms with Crippen LogP contribution in [0.2, 0.25) is 0 Å². The third-order valence-corrected chi connectivity index (χ3v) is 2.68. The van der Waals surface area contributed by atoms with Crippen LogP contribution in [0.3, 0.4) is 0 Å². The van der Waals surface area contributed by atoms with Crippen LogP contribution < -0.4 is 5.73 Å². The lowest BCUT2D eigenvalue weighted by atomic mass is 10.0. The first-order valence-electron chi connectivity index (χ1n) is 5.04. The smallest absolute Gasteiger partial charge is 0.354 e. The summed E-state index contributed by atoms with van der Waals surface area (Å²) in [5.74, 6) is -1.26. The molecule has 1 aromatic carbocycles. The van der Waals surface area contributed by atoms with Crippen molar-refractivity contribution in [3.05, 3.63) is 29.0 Å². The van der Waals surface area contributed by atoms with Gasteiger partial charge >= 0.3 is 5.97 Å². The van der Waals surface area contributed by atoms with E-state index < -0.39 is 5.97 Å². The molecule has 5 nitrogen and oxygen atoms in total. The van der Waals surface area contributed by atoms with Crippen molar-refractivity contribution in [3.63, 3.8) is 0 Å². The molecule has 0 aliphatic heterocycles. The number of nitrogen functional groups attached to an aromatic ring is 1. The monoisotopic (exact) mass is 232 g/mol. The highest BCUT2D eigenvalue weighted by Crippen LogP contribution is 2.32. The minimum atomic E-state index is -1.18. The van der Waals surface area contributed by atoms with Crippen molar-refractivity contribution in [2.75, 3.05) is 5.73 Å². The number of pyridine rings is 1. The first-order chi connectivity index (χ1) is 7.91. The number of benzene rings is 1. The number of aromatic carboxylic acids is 1. The van der Waals surface area contributed by atoms with Crippen molar-refractivity contribution >= 4 is 22.6 Å². The van der Waals surface area contributed by atoms with E-state index in [1.807, 2.05) is 6.92 Å². The molecular weight excluding hydrogens is 220 g/mol. The predicted octanol–water partition coefficient (Wildman–Crippen LogP) is 1.84. The Labute approximate surface area is 97.5 Å². The zero-order valence-corrected chi connectivity index (χ0v) is 9.48. The largest absolute Gasteiger partial charge is 0.507 e. The molecular formula is C12H12N2O3. The number of nitrogens with two attached hydrogens (primary N) is 1. The zero-order valence-electron chi connectivity index (χ0n) is 9.48. The molecule has 1 aromatic heterocycles. The van der Waals surface area contributed by atoms with Crippen LogP contribution in [-0.2, 0) is 0 Å². The van der Waals surface area contributed by atoms with Crippen molar-refractivity contribution in [2.24, 2.45) is 0 Å². The summed E-state index contributed by atoms with van der Waals surface area (Å²) in [4.78, 5) is 15.0. The molecule has 1 heterocycles. The number of hydrogen-bond donors (Lipinski definition) is 3. The van der Waals surface area contributed by atoms with Gasteiger partial charge in [-0.05, 0) is 31.5 Å². The van der Waals surface area contributed by atoms with E-state index in [1.165, 1.54) is 6.92 Å². The number of hydrogen-bond acceptors (Lipinski definition) is 4. The summed E-state index contributed by atoms with van der Waals surface area (Å²) in [6, 6.07) is 3.42. The van der Waals surface area contributed by atoms with Crippen LogP contribution in [0.25, 0.3) is 10.9 Å². The number of nitrogens with zero attached hydrogens (tertiary/aromatic N) is 1. The molecule has 0 saturated carbocycles. The molecule has 0 atom stereocenters. The van der Waals surface area contributed by atoms with Crippen molar-refractivity contribution in [1.82, 2.24) is 4.98 Å². The number of carboxylic acid groups (broad SMARTS) is 1. The number of carboxylic acids is 1. The summed E-state index contributed by atoms with van der Waals surface area (Å²) in [5.41, 5.74) is 7.41. The molecule has 0 spiro atoms. The molecule has 0 radical (unpaired) electrons. The van der Waals surface area contributed by atoms with Crippen LogP contribution in [0.15, 0.2) is 12.1 Å². The molecule has 0 aliphatic carbocycles. The maximum atomic E-state index is 11.0. The van der Waals surface area contributed by atoms with E-state index in [9.17, 15) is 9.90 Å². The van der Waals surface area contributed by atoms with Crippen LogP contribution in [-0.4, -0.2) is 21.2 Å². The molecule has 0 saturated heterocycles. The Bertz CT molecular complexity index is 635. The number of aromatic nitrogens is 1. The lowest BCUT2D eigenvalue weighted by Gasteiger charge is -2.10. The van der Waals surface area contributed by atoms with E-state index in [2.05, 4.69) is 4.98 Å². The van der Waals surface area contributed by atoms with Gasteiger partial charge in [0.2, 0.25) is 0 Å². The van der Waals surface area contributed by atoms with Crippen LogP contribution in [0.1, 0.15) is 21.6 Å². The second kappa shape index (κ2) is 3.62. The molecule has 0 unspecified atom stereocenters. The van der Waals surface area contributed by atoms with Gasteiger partial charge in [-0.1, -0.05) is 0 Å². The fraction of sp³-hybridized carbons (Fsp3) is 0.167. The summed E-state index contributed by atoms with van der Waals surface area (Å²) < 4.78 is 0. The average Bonchev–Trinajstić information content (AvgIpc) is 2.23. The Morgan fingerprint density at radius 2 is 2.00 bits per heavy atom. The summed E-state index contributed by atoms with van der Waals surface area (Å²) in [6.45, 7) is 3.36. The number of carbonyl (C=O) groups is 1. The summed E-state index contributed by atoms with van der Waals surface area (Å²) >= 11 is 0. The maximum Gasteiger partial charge on any atom is 0.354 e. The van der Waals surface area contributed by atoms with E-state index in [-0.39, 0.29) is 17.0 Å². The summed E-state index contributed by atoms with van der Waals surface area (Å²) in [7, 11) is 0. The van der Waals surface area contributed by atoms with Gasteiger partial charge in [0.15, 0.2) is 5.69 Å². The van der Waals surface area contributed by atoms with E-state index in [4.69, 9.17) is 10.8 Å². The van der Waals surface area contributed by atoms with E-state index >= 15 is 0 Å². The second-order valence-corrected chi connectivity index (χ2v) is 3.99. The molecule has 5 heteroatoms. The molecule has 0 fully saturated rings. The van der Waals surface area contributed by atoms with Gasteiger partial charge in [0.1, 0.15) is 5.75 Å². The lowest BCUT2D eigenvalue weighted by Crippen LogP contribution is -2.05. The van der Waals surface area contributed by atoms with Crippen LogP contribution in [0.5, 0.6) is 5.75 Å². The molecule has 17 heavy (non-hydrogen) atoms. The van der Waals surface area contributed by atoms with Gasteiger partial charge in [-0.2, -0.15) is 0 Å². The Hall–Kier alpha value is -2.30. The van der Waals surface area contributed by atoms with E-state index in [1.54, 1.807) is 12.1 Å². The third kappa shape index (κ3) is 1.65. The minimum absolute atomic E-state index is 0.0807. The summed E-state index contributed by atoms with van der Waals surface area (Å²) in [5, 5.41) is 19.4. The van der Waals surface area contributed by atoms with E-state index in [0.717, 1.165) is 5.56 Å². The fourth-order valence-corrected chi connectivity index (χ4v) is 1.83. The minimum Gasteiger partial charge on any atom is -0.507 e. The average molecular weight is 232 g/mol. The van der Waals surface area contributed by atoms with Crippen molar-refractivity contribution in [2.45, 2.75) is 13.8 Å². The van der Waals surface area contributed by atoms with Gasteiger partial charge in [-0.25, -0.2) is 9.78 Å². The standard InChI is InChI=1S/C12H12N2O3/c1-5-3-7-10(8(13)4-5)14-9(12(16)17)6(2)11(7)15/h3-4H,13H2,1-2H3,(H,14,15)(H,16,17). The Kier molecular flexibility index (Phi) is 2.38. The maximum absolute atomic E-state index is 11.0. The number of fused-ring (bicyclic) bond motifs is 1. The molecule has 0 bridgehead atoms. The Morgan fingerprint density at radius 3 is 2.59 bits per heavy atom. The molecule has 2 rings (SSSR count). The van der Waals surface area contributed by atoms with E-state index in [0.29, 0.717) is 16.6 Å². The first-order valence-corrected chi connectivity index (χ1v) is 5.04. The SMILES string of the molecule is Cc1cc(N)c2nc(C(=O)O)c(C)c(O)c2c1. The third-order valence-electron chi connectivity index (χ3n) is 2.68. The highest BCUT2D eigenvalue weighted by molar-refractivity contribution is 5.99. The van der Waals surface area contributed by atoms with Crippen molar-refractivity contribution < 1.29 is 15.0 Å². The Balaban J connectivity index is 2.96. The van der Waals surface area contributed by atoms with Gasteiger partial charge in [0, 0.05) is 10.9 Å². The van der Waals surface area contributed by atoms with Gasteiger partial charge in [-0.3, -0.25) is 0 Å². The first kappa shape index (κ1) is 11.2. The molecule has 4 N–H and O–H groups in total. The predicted molar refractivity (Wildman–Crippen MR) is 64.3 cm³/mol. The zero-order chi connectivity index (χ0) is 12.7. The van der Waals surface area contributed by atoms with Gasteiger partial charge in [-0.15, -0.1) is 0 Å². The quantitative estimate of drug-likeness (QED) is 0.652. The Morgan fingerprint density at radius 1 is 1.35 bits per heavy atom. The topological polar surface area (TPSA) is 96.4 Å². The van der Waals surface area contributed by atoms with Gasteiger partial charge in [0.25, 0.3) is 0 Å². The fourth-order valence-electron chi connectivity index (χ4n) is 1.83. The lowest BCUT2D eigenvalue weighted by molar-refractivity contribution is 0.0689. The highest BCUT2D eigenvalue weighted by atomic mass is 16.4. The number of aromatic hydroxyl groups is 1. The van der Waals surface area contributed by atoms with Crippen LogP contribution >= 0.6 is 0 Å². The van der Waals surface area contributed by atoms with Gasteiger partial charge < -0.3 is 15.9 Å². The highest BCUT2D eigenvalue weighted by Gasteiger charge is 2.17.